The first-order valence-electron chi connectivity index (χ1n) is 9.04. The Labute approximate surface area is 162 Å². The first-order valence-corrected chi connectivity index (χ1v) is 9.04. The van der Waals surface area contributed by atoms with Crippen LogP contribution in [0.3, 0.4) is 0 Å². The van der Waals surface area contributed by atoms with Crippen molar-refractivity contribution in [3.63, 3.8) is 0 Å². The standard InChI is InChI=1S/C20H16F3N3O3/c21-20(22,23)29-16-6-3-13(4-7-16)14-5-8-18-17(10-14)19(28)26(25-24-18)11-15(27)9-12-1-2-12/h3-8,10,12H,1-2,9,11H2. The van der Waals surface area contributed by atoms with Crippen LogP contribution in [0.1, 0.15) is 19.3 Å². The van der Waals surface area contributed by atoms with E-state index < -0.39 is 11.9 Å². The van der Waals surface area contributed by atoms with Gasteiger partial charge >= 0.3 is 6.36 Å². The minimum Gasteiger partial charge on any atom is -0.406 e. The van der Waals surface area contributed by atoms with Crippen LogP contribution in [-0.2, 0) is 11.3 Å². The van der Waals surface area contributed by atoms with E-state index in [9.17, 15) is 22.8 Å². The second kappa shape index (κ2) is 7.31. The van der Waals surface area contributed by atoms with Crippen molar-refractivity contribution in [1.29, 1.82) is 0 Å². The highest BCUT2D eigenvalue weighted by molar-refractivity contribution is 5.84. The summed E-state index contributed by atoms with van der Waals surface area (Å²) in [5, 5.41) is 8.11. The van der Waals surface area contributed by atoms with Gasteiger partial charge in [-0.05, 0) is 54.2 Å². The van der Waals surface area contributed by atoms with Crippen LogP contribution in [0, 0.1) is 5.92 Å². The van der Waals surface area contributed by atoms with Crippen molar-refractivity contribution in [3.8, 4) is 16.9 Å². The van der Waals surface area contributed by atoms with E-state index in [4.69, 9.17) is 0 Å². The summed E-state index contributed by atoms with van der Waals surface area (Å²) in [6, 6.07) is 10.2. The number of hydrogen-bond donors (Lipinski definition) is 0. The molecule has 6 nitrogen and oxygen atoms in total. The van der Waals surface area contributed by atoms with Crippen molar-refractivity contribution in [2.45, 2.75) is 32.2 Å². The minimum absolute atomic E-state index is 0.0559. The number of ketones is 1. The lowest BCUT2D eigenvalue weighted by Crippen LogP contribution is -2.28. The second-order valence-corrected chi connectivity index (χ2v) is 7.04. The van der Waals surface area contributed by atoms with E-state index in [-0.39, 0.29) is 23.5 Å². The van der Waals surface area contributed by atoms with E-state index in [0.29, 0.717) is 29.0 Å². The van der Waals surface area contributed by atoms with Crippen molar-refractivity contribution >= 4 is 16.7 Å². The fourth-order valence-electron chi connectivity index (χ4n) is 3.08. The lowest BCUT2D eigenvalue weighted by molar-refractivity contribution is -0.274. The highest BCUT2D eigenvalue weighted by Gasteiger charge is 2.31. The van der Waals surface area contributed by atoms with Crippen molar-refractivity contribution in [2.24, 2.45) is 5.92 Å². The van der Waals surface area contributed by atoms with E-state index in [2.05, 4.69) is 15.0 Å². The van der Waals surface area contributed by atoms with Gasteiger partial charge in [-0.15, -0.1) is 18.3 Å². The summed E-state index contributed by atoms with van der Waals surface area (Å²) in [7, 11) is 0. The van der Waals surface area contributed by atoms with Crippen LogP contribution in [-0.4, -0.2) is 27.1 Å². The van der Waals surface area contributed by atoms with Crippen molar-refractivity contribution < 1.29 is 22.7 Å². The van der Waals surface area contributed by atoms with Crippen LogP contribution in [0.2, 0.25) is 0 Å². The predicted octanol–water partition coefficient (Wildman–Crippen LogP) is 3.73. The maximum atomic E-state index is 12.7. The third-order valence-corrected chi connectivity index (χ3v) is 4.68. The summed E-state index contributed by atoms with van der Waals surface area (Å²) in [5.74, 6) is 0.0339. The zero-order valence-corrected chi connectivity index (χ0v) is 15.1. The average molecular weight is 403 g/mol. The van der Waals surface area contributed by atoms with Crippen LogP contribution in [0.15, 0.2) is 47.3 Å². The number of rotatable bonds is 6. The molecule has 1 saturated carbocycles. The zero-order chi connectivity index (χ0) is 20.6. The number of hydrogen-bond acceptors (Lipinski definition) is 5. The normalized spacial score (nSPS) is 14.2. The first-order chi connectivity index (χ1) is 13.8. The molecule has 2 aromatic carbocycles. The molecular formula is C20H16F3N3O3. The molecule has 3 aromatic rings. The summed E-state index contributed by atoms with van der Waals surface area (Å²) in [5.41, 5.74) is 1.17. The van der Waals surface area contributed by atoms with Gasteiger partial charge in [0, 0.05) is 6.42 Å². The number of carbonyl (C=O) groups excluding carboxylic acids is 1. The van der Waals surface area contributed by atoms with Crippen LogP contribution >= 0.6 is 0 Å². The molecule has 0 unspecified atom stereocenters. The molecule has 4 rings (SSSR count). The van der Waals surface area contributed by atoms with E-state index >= 15 is 0 Å². The van der Waals surface area contributed by atoms with Gasteiger partial charge in [-0.25, -0.2) is 4.68 Å². The molecule has 1 aliphatic rings. The number of benzene rings is 2. The Morgan fingerprint density at radius 2 is 1.79 bits per heavy atom. The lowest BCUT2D eigenvalue weighted by atomic mass is 10.0. The molecule has 0 radical (unpaired) electrons. The molecule has 150 valence electrons. The fraction of sp³-hybridized carbons (Fsp3) is 0.300. The SMILES string of the molecule is O=C(CC1CC1)Cn1nnc2ccc(-c3ccc(OC(F)(F)F)cc3)cc2c1=O. The van der Waals surface area contributed by atoms with E-state index in [0.717, 1.165) is 17.5 Å². The topological polar surface area (TPSA) is 74.1 Å². The summed E-state index contributed by atoms with van der Waals surface area (Å²) in [6.45, 7) is -0.119. The number of nitrogens with zero attached hydrogens (tertiary/aromatic N) is 3. The molecule has 0 saturated heterocycles. The Morgan fingerprint density at radius 3 is 2.45 bits per heavy atom. The quantitative estimate of drug-likeness (QED) is 0.627. The molecular weight excluding hydrogens is 387 g/mol. The molecule has 0 spiro atoms. The smallest absolute Gasteiger partial charge is 0.406 e. The molecule has 29 heavy (non-hydrogen) atoms. The maximum absolute atomic E-state index is 12.7. The van der Waals surface area contributed by atoms with Crippen LogP contribution in [0.5, 0.6) is 5.75 Å². The number of fused-ring (bicyclic) bond motifs is 1. The van der Waals surface area contributed by atoms with Gasteiger partial charge in [0.1, 0.15) is 17.8 Å². The molecule has 1 fully saturated rings. The van der Waals surface area contributed by atoms with Gasteiger partial charge < -0.3 is 4.74 Å². The first kappa shape index (κ1) is 19.1. The summed E-state index contributed by atoms with van der Waals surface area (Å²) in [6.07, 6.45) is -2.23. The monoisotopic (exact) mass is 403 g/mol. The average Bonchev–Trinajstić information content (AvgIpc) is 3.47. The number of carbonyl (C=O) groups is 1. The molecule has 1 aromatic heterocycles. The number of ether oxygens (including phenoxy) is 1. The molecule has 0 N–H and O–H groups in total. The zero-order valence-electron chi connectivity index (χ0n) is 15.1. The van der Waals surface area contributed by atoms with Gasteiger partial charge in [0.15, 0.2) is 5.78 Å². The minimum atomic E-state index is -4.76. The molecule has 0 amide bonds. The Kier molecular flexibility index (Phi) is 4.81. The predicted molar refractivity (Wildman–Crippen MR) is 98.3 cm³/mol. The van der Waals surface area contributed by atoms with Crippen LogP contribution in [0.4, 0.5) is 13.2 Å². The molecule has 1 aliphatic carbocycles. The molecule has 1 heterocycles. The van der Waals surface area contributed by atoms with Gasteiger partial charge in [-0.3, -0.25) is 9.59 Å². The van der Waals surface area contributed by atoms with E-state index in [1.165, 1.54) is 24.3 Å². The lowest BCUT2D eigenvalue weighted by Gasteiger charge is -2.10. The molecule has 9 heteroatoms. The third kappa shape index (κ3) is 4.61. The third-order valence-electron chi connectivity index (χ3n) is 4.68. The highest BCUT2D eigenvalue weighted by Crippen LogP contribution is 2.32. The van der Waals surface area contributed by atoms with Gasteiger partial charge in [-0.2, -0.15) is 0 Å². The van der Waals surface area contributed by atoms with Crippen LogP contribution < -0.4 is 10.3 Å². The molecule has 0 aliphatic heterocycles. The Balaban J connectivity index is 1.61. The van der Waals surface area contributed by atoms with Crippen molar-refractivity contribution in [2.75, 3.05) is 0 Å². The van der Waals surface area contributed by atoms with E-state index in [1.54, 1.807) is 18.2 Å². The number of Topliss-reactive ketones (excluding diaryl/α,β-unsaturated/α-hetero) is 1. The number of alkyl halides is 3. The fourth-order valence-corrected chi connectivity index (χ4v) is 3.08. The summed E-state index contributed by atoms with van der Waals surface area (Å²) >= 11 is 0. The largest absolute Gasteiger partial charge is 0.573 e. The Morgan fingerprint density at radius 1 is 1.10 bits per heavy atom. The number of aromatic nitrogens is 3. The second-order valence-electron chi connectivity index (χ2n) is 7.04. The van der Waals surface area contributed by atoms with Crippen LogP contribution in [0.25, 0.3) is 22.0 Å². The Bertz CT molecular complexity index is 1120. The van der Waals surface area contributed by atoms with Gasteiger partial charge in [-0.1, -0.05) is 23.4 Å². The van der Waals surface area contributed by atoms with Crippen molar-refractivity contribution in [1.82, 2.24) is 15.0 Å². The molecule has 0 bridgehead atoms. The summed E-state index contributed by atoms with van der Waals surface area (Å²) in [4.78, 5) is 24.8. The van der Waals surface area contributed by atoms with E-state index in [1.807, 2.05) is 0 Å². The van der Waals surface area contributed by atoms with Gasteiger partial charge in [0.25, 0.3) is 5.56 Å². The van der Waals surface area contributed by atoms with Gasteiger partial charge in [0.05, 0.1) is 5.39 Å². The van der Waals surface area contributed by atoms with Gasteiger partial charge in [0.2, 0.25) is 0 Å². The highest BCUT2D eigenvalue weighted by atomic mass is 19.4. The maximum Gasteiger partial charge on any atom is 0.573 e. The summed E-state index contributed by atoms with van der Waals surface area (Å²) < 4.78 is 41.8. The van der Waals surface area contributed by atoms with Crippen molar-refractivity contribution in [3.05, 3.63) is 52.8 Å². The number of halogens is 3. The molecule has 0 atom stereocenters. The Hall–Kier alpha value is -3.23.